The summed E-state index contributed by atoms with van der Waals surface area (Å²) < 4.78 is 1.87. The highest BCUT2D eigenvalue weighted by molar-refractivity contribution is 6.02. The molecule has 0 bridgehead atoms. The third kappa shape index (κ3) is 4.13. The molecule has 2 aromatic rings. The van der Waals surface area contributed by atoms with E-state index < -0.39 is 0 Å². The number of rotatable bonds is 4. The molecule has 8 nitrogen and oxygen atoms in total. The van der Waals surface area contributed by atoms with E-state index in [-0.39, 0.29) is 17.7 Å². The average molecular weight is 439 g/mol. The largest absolute Gasteiger partial charge is 0.369 e. The molecule has 0 saturated carbocycles. The number of imide groups is 1. The smallest absolute Gasteiger partial charge is 0.235 e. The van der Waals surface area contributed by atoms with E-state index in [1.807, 2.05) is 11.7 Å². The molecule has 4 heterocycles. The molecule has 3 aliphatic heterocycles. The molecule has 0 spiro atoms. The molecule has 3 aliphatic rings. The van der Waals surface area contributed by atoms with Gasteiger partial charge in [-0.15, -0.1) is 0 Å². The summed E-state index contributed by atoms with van der Waals surface area (Å²) in [6.07, 6.45) is 3.42. The Morgan fingerprint density at radius 3 is 2.59 bits per heavy atom. The van der Waals surface area contributed by atoms with Crippen molar-refractivity contribution in [2.45, 2.75) is 38.5 Å². The maximum absolute atomic E-state index is 12.4. The van der Waals surface area contributed by atoms with Crippen molar-refractivity contribution in [1.82, 2.24) is 25.3 Å². The summed E-state index contributed by atoms with van der Waals surface area (Å²) in [5.74, 6) is -0.784. The van der Waals surface area contributed by atoms with Crippen molar-refractivity contribution < 1.29 is 9.59 Å². The molecule has 1 unspecified atom stereocenters. The number of amides is 2. The van der Waals surface area contributed by atoms with Gasteiger partial charge in [0.1, 0.15) is 0 Å². The second kappa shape index (κ2) is 8.48. The molecule has 172 valence electrons. The number of fused-ring (bicyclic) bond motifs is 1. The summed E-state index contributed by atoms with van der Waals surface area (Å²) >= 11 is 0. The normalized spacial score (nSPS) is 24.7. The minimum atomic E-state index is -0.359. The van der Waals surface area contributed by atoms with E-state index in [0.29, 0.717) is 18.3 Å². The van der Waals surface area contributed by atoms with Crippen LogP contribution >= 0.6 is 0 Å². The summed E-state index contributed by atoms with van der Waals surface area (Å²) in [5.41, 5.74) is 3.46. The van der Waals surface area contributed by atoms with Crippen LogP contribution in [0.3, 0.4) is 0 Å². The molecule has 1 atom stereocenters. The Balaban J connectivity index is 1.28. The molecule has 1 aromatic carbocycles. The van der Waals surface area contributed by atoms with Crippen LogP contribution in [0.15, 0.2) is 18.2 Å². The number of aryl methyl sites for hydroxylation is 1. The molecular weight excluding hydrogens is 404 g/mol. The first kappa shape index (κ1) is 21.4. The third-order valence-corrected chi connectivity index (χ3v) is 7.59. The Kier molecular flexibility index (Phi) is 5.67. The van der Waals surface area contributed by atoms with E-state index in [0.717, 1.165) is 55.9 Å². The van der Waals surface area contributed by atoms with Crippen LogP contribution < -0.4 is 15.5 Å². The first-order chi connectivity index (χ1) is 15.4. The van der Waals surface area contributed by atoms with E-state index in [1.54, 1.807) is 0 Å². The Labute approximate surface area is 189 Å². The molecule has 32 heavy (non-hydrogen) atoms. The van der Waals surface area contributed by atoms with E-state index in [2.05, 4.69) is 50.7 Å². The molecule has 2 amide bonds. The predicted molar refractivity (Wildman–Crippen MR) is 125 cm³/mol. The fraction of sp³-hybridized carbons (Fsp3) is 0.625. The SMILES string of the molecule is Cn1nc(C2CCC(=O)NC2=O)c2ccc(N3CCN(CC4(C)CCNCC4)CC3)cc21. The summed E-state index contributed by atoms with van der Waals surface area (Å²) in [4.78, 5) is 29.0. The lowest BCUT2D eigenvalue weighted by atomic mass is 9.80. The summed E-state index contributed by atoms with van der Waals surface area (Å²) in [6, 6.07) is 6.45. The highest BCUT2D eigenvalue weighted by atomic mass is 16.2. The molecule has 2 N–H and O–H groups in total. The van der Waals surface area contributed by atoms with Crippen LogP contribution in [0.25, 0.3) is 10.9 Å². The van der Waals surface area contributed by atoms with Crippen molar-refractivity contribution in [1.29, 1.82) is 0 Å². The highest BCUT2D eigenvalue weighted by Crippen LogP contribution is 2.33. The molecule has 0 aliphatic carbocycles. The lowest BCUT2D eigenvalue weighted by molar-refractivity contribution is -0.134. The van der Waals surface area contributed by atoms with Gasteiger partial charge in [-0.1, -0.05) is 6.92 Å². The van der Waals surface area contributed by atoms with Crippen molar-refractivity contribution in [2.75, 3.05) is 50.7 Å². The van der Waals surface area contributed by atoms with Gasteiger partial charge in [0.05, 0.1) is 17.1 Å². The van der Waals surface area contributed by atoms with Gasteiger partial charge >= 0.3 is 0 Å². The number of piperidine rings is 2. The molecule has 3 saturated heterocycles. The summed E-state index contributed by atoms with van der Waals surface area (Å²) in [6.45, 7) is 10.1. The third-order valence-electron chi connectivity index (χ3n) is 7.59. The Hall–Kier alpha value is -2.45. The number of hydrogen-bond donors (Lipinski definition) is 2. The molecule has 8 heteroatoms. The quantitative estimate of drug-likeness (QED) is 0.706. The monoisotopic (exact) mass is 438 g/mol. The lowest BCUT2D eigenvalue weighted by Crippen LogP contribution is -2.51. The molecule has 0 radical (unpaired) electrons. The first-order valence-electron chi connectivity index (χ1n) is 11.9. The molecule has 1 aromatic heterocycles. The van der Waals surface area contributed by atoms with E-state index in [4.69, 9.17) is 0 Å². The van der Waals surface area contributed by atoms with Crippen molar-refractivity contribution in [3.8, 4) is 0 Å². The highest BCUT2D eigenvalue weighted by Gasteiger charge is 2.32. The lowest BCUT2D eigenvalue weighted by Gasteiger charge is -2.42. The van der Waals surface area contributed by atoms with Gasteiger partial charge in [0.25, 0.3) is 0 Å². The number of nitrogens with one attached hydrogen (secondary N) is 2. The summed E-state index contributed by atoms with van der Waals surface area (Å²) in [5, 5.41) is 11.6. The van der Waals surface area contributed by atoms with E-state index in [1.165, 1.54) is 25.1 Å². The maximum atomic E-state index is 12.4. The van der Waals surface area contributed by atoms with Crippen molar-refractivity contribution in [3.05, 3.63) is 23.9 Å². The Morgan fingerprint density at radius 1 is 1.12 bits per heavy atom. The van der Waals surface area contributed by atoms with Crippen LogP contribution in [0.2, 0.25) is 0 Å². The number of nitrogens with zero attached hydrogens (tertiary/aromatic N) is 4. The number of benzene rings is 1. The van der Waals surface area contributed by atoms with Crippen LogP contribution in [0.4, 0.5) is 5.69 Å². The number of piperazine rings is 1. The van der Waals surface area contributed by atoms with Gasteiger partial charge in [0.15, 0.2) is 0 Å². The van der Waals surface area contributed by atoms with Gasteiger partial charge in [-0.3, -0.25) is 24.5 Å². The predicted octanol–water partition coefficient (Wildman–Crippen LogP) is 1.61. The van der Waals surface area contributed by atoms with Gasteiger partial charge in [-0.05, 0) is 56.0 Å². The maximum Gasteiger partial charge on any atom is 0.235 e. The van der Waals surface area contributed by atoms with Gasteiger partial charge in [0.2, 0.25) is 11.8 Å². The topological polar surface area (TPSA) is 82.5 Å². The van der Waals surface area contributed by atoms with Crippen LogP contribution in [0, 0.1) is 5.41 Å². The van der Waals surface area contributed by atoms with Crippen LogP contribution in [0.5, 0.6) is 0 Å². The molecule has 3 fully saturated rings. The number of aromatic nitrogens is 2. The molecular formula is C24H34N6O2. The van der Waals surface area contributed by atoms with Gasteiger partial charge in [-0.2, -0.15) is 5.10 Å². The van der Waals surface area contributed by atoms with Crippen LogP contribution in [-0.4, -0.2) is 72.3 Å². The first-order valence-corrected chi connectivity index (χ1v) is 11.9. The second-order valence-corrected chi connectivity index (χ2v) is 10.0. The zero-order valence-corrected chi connectivity index (χ0v) is 19.2. The minimum absolute atomic E-state index is 0.193. The number of carbonyl (C=O) groups excluding carboxylic acids is 2. The fourth-order valence-electron chi connectivity index (χ4n) is 5.57. The number of carbonyl (C=O) groups is 2. The standard InChI is InChI=1S/C24H34N6O2/c1-24(7-9-25-10-8-24)16-29-11-13-30(14-12-29)17-3-4-18-20(15-17)28(2)27-22(18)19-5-6-21(31)26-23(19)32/h3-4,15,19,25H,5-14,16H2,1-2H3,(H,26,31,32). The average Bonchev–Trinajstić information content (AvgIpc) is 3.10. The minimum Gasteiger partial charge on any atom is -0.369 e. The zero-order valence-electron chi connectivity index (χ0n) is 19.2. The van der Waals surface area contributed by atoms with Crippen molar-refractivity contribution >= 4 is 28.4 Å². The fourth-order valence-corrected chi connectivity index (χ4v) is 5.57. The van der Waals surface area contributed by atoms with Gasteiger partial charge < -0.3 is 10.2 Å². The van der Waals surface area contributed by atoms with Gasteiger partial charge in [0, 0.05) is 57.3 Å². The Bertz CT molecular complexity index is 1020. The van der Waals surface area contributed by atoms with Crippen LogP contribution in [0.1, 0.15) is 44.2 Å². The summed E-state index contributed by atoms with van der Waals surface area (Å²) in [7, 11) is 1.93. The van der Waals surface area contributed by atoms with E-state index in [9.17, 15) is 9.59 Å². The van der Waals surface area contributed by atoms with Crippen LogP contribution in [-0.2, 0) is 16.6 Å². The van der Waals surface area contributed by atoms with Crippen molar-refractivity contribution in [2.24, 2.45) is 12.5 Å². The van der Waals surface area contributed by atoms with E-state index >= 15 is 0 Å². The zero-order chi connectivity index (χ0) is 22.3. The second-order valence-electron chi connectivity index (χ2n) is 10.0. The number of hydrogen-bond acceptors (Lipinski definition) is 6. The van der Waals surface area contributed by atoms with Gasteiger partial charge in [-0.25, -0.2) is 0 Å². The Morgan fingerprint density at radius 2 is 1.88 bits per heavy atom. The number of anilines is 1. The van der Waals surface area contributed by atoms with Crippen molar-refractivity contribution in [3.63, 3.8) is 0 Å². The molecule has 5 rings (SSSR count).